The van der Waals surface area contributed by atoms with Gasteiger partial charge in [0.05, 0.1) is 24.8 Å². The minimum absolute atomic E-state index is 0.00819. The number of ether oxygens (including phenoxy) is 2. The Bertz CT molecular complexity index is 1110. The number of amides is 1. The lowest BCUT2D eigenvalue weighted by atomic mass is 9.95. The molecule has 0 radical (unpaired) electrons. The van der Waals surface area contributed by atoms with Gasteiger partial charge in [0.25, 0.3) is 11.7 Å². The van der Waals surface area contributed by atoms with E-state index < -0.39 is 17.7 Å². The summed E-state index contributed by atoms with van der Waals surface area (Å²) in [6, 6.07) is 10.7. The number of ketones is 1. The van der Waals surface area contributed by atoms with Crippen LogP contribution in [0.5, 0.6) is 17.2 Å². The number of nitrogens with zero attached hydrogens (tertiary/aromatic N) is 2. The van der Waals surface area contributed by atoms with Crippen molar-refractivity contribution < 1.29 is 29.3 Å². The van der Waals surface area contributed by atoms with Gasteiger partial charge in [0.2, 0.25) is 0 Å². The van der Waals surface area contributed by atoms with Crippen molar-refractivity contribution in [2.24, 2.45) is 5.92 Å². The molecule has 1 unspecified atom stereocenters. The van der Waals surface area contributed by atoms with Crippen molar-refractivity contribution in [3.8, 4) is 17.2 Å². The number of rotatable bonds is 11. The Labute approximate surface area is 212 Å². The zero-order chi connectivity index (χ0) is 26.4. The van der Waals surface area contributed by atoms with E-state index in [9.17, 15) is 19.8 Å². The van der Waals surface area contributed by atoms with Crippen LogP contribution in [0.2, 0.25) is 0 Å². The van der Waals surface area contributed by atoms with Crippen LogP contribution in [0.1, 0.15) is 44.4 Å². The first-order valence-electron chi connectivity index (χ1n) is 12.3. The summed E-state index contributed by atoms with van der Waals surface area (Å²) >= 11 is 0. The summed E-state index contributed by atoms with van der Waals surface area (Å²) in [5.41, 5.74) is 0.986. The molecule has 0 aliphatic carbocycles. The molecule has 3 rings (SSSR count). The second-order valence-corrected chi connectivity index (χ2v) is 9.54. The van der Waals surface area contributed by atoms with Crippen molar-refractivity contribution in [2.75, 3.05) is 40.4 Å². The lowest BCUT2D eigenvalue weighted by Crippen LogP contribution is -2.32. The van der Waals surface area contributed by atoms with Gasteiger partial charge in [0.1, 0.15) is 11.5 Å². The first-order valence-corrected chi connectivity index (χ1v) is 12.3. The quantitative estimate of drug-likeness (QED) is 0.273. The zero-order valence-corrected chi connectivity index (χ0v) is 21.7. The van der Waals surface area contributed by atoms with Gasteiger partial charge >= 0.3 is 0 Å². The van der Waals surface area contributed by atoms with Crippen molar-refractivity contribution in [3.63, 3.8) is 0 Å². The lowest BCUT2D eigenvalue weighted by Gasteiger charge is -2.26. The summed E-state index contributed by atoms with van der Waals surface area (Å²) in [4.78, 5) is 29.8. The maximum Gasteiger partial charge on any atom is 0.295 e. The van der Waals surface area contributed by atoms with Crippen LogP contribution < -0.4 is 9.47 Å². The van der Waals surface area contributed by atoms with Crippen LogP contribution in [0.25, 0.3) is 5.76 Å². The van der Waals surface area contributed by atoms with Crippen LogP contribution in [0.4, 0.5) is 0 Å². The summed E-state index contributed by atoms with van der Waals surface area (Å²) in [5, 5.41) is 21.4. The summed E-state index contributed by atoms with van der Waals surface area (Å²) in [6.07, 6.45) is 0.648. The molecule has 1 aliphatic heterocycles. The fraction of sp³-hybridized carbons (Fsp3) is 0.429. The fourth-order valence-electron chi connectivity index (χ4n) is 4.11. The van der Waals surface area contributed by atoms with E-state index in [4.69, 9.17) is 9.47 Å². The molecule has 0 aromatic heterocycles. The number of phenols is 1. The van der Waals surface area contributed by atoms with Crippen LogP contribution in [0.3, 0.4) is 0 Å². The number of aromatic hydroxyl groups is 1. The first kappa shape index (κ1) is 27.1. The van der Waals surface area contributed by atoms with Crippen LogP contribution in [-0.2, 0) is 9.59 Å². The number of benzene rings is 2. The first-order chi connectivity index (χ1) is 17.1. The number of carbonyl (C=O) groups excluding carboxylic acids is 2. The van der Waals surface area contributed by atoms with E-state index in [0.717, 1.165) is 6.54 Å². The molecule has 2 N–H and O–H groups in total. The third kappa shape index (κ3) is 6.18. The van der Waals surface area contributed by atoms with E-state index in [-0.39, 0.29) is 22.8 Å². The summed E-state index contributed by atoms with van der Waals surface area (Å²) < 4.78 is 11.2. The smallest absolute Gasteiger partial charge is 0.295 e. The van der Waals surface area contributed by atoms with E-state index in [1.807, 2.05) is 19.0 Å². The van der Waals surface area contributed by atoms with Crippen molar-refractivity contribution in [1.29, 1.82) is 0 Å². The molecule has 1 atom stereocenters. The van der Waals surface area contributed by atoms with Gasteiger partial charge in [0.15, 0.2) is 11.5 Å². The highest BCUT2D eigenvalue weighted by atomic mass is 16.5. The molecule has 2 aromatic rings. The predicted octanol–water partition coefficient (Wildman–Crippen LogP) is 4.20. The second kappa shape index (κ2) is 11.9. The van der Waals surface area contributed by atoms with Crippen LogP contribution in [0, 0.1) is 5.92 Å². The van der Waals surface area contributed by atoms with E-state index in [0.29, 0.717) is 49.0 Å². The van der Waals surface area contributed by atoms with E-state index in [1.54, 1.807) is 43.3 Å². The van der Waals surface area contributed by atoms with Gasteiger partial charge in [-0.2, -0.15) is 0 Å². The standard InChI is InChI=1S/C28H36N2O6/c1-6-35-23-16-20(10-13-22(23)31)25-24(27(33)28(34)30(25)15-7-14-29(4)5)26(32)19-8-11-21(12-9-19)36-17-18(2)3/h8-13,16,18,25,31-32H,6-7,14-15,17H2,1-5H3. The maximum atomic E-state index is 13.2. The molecule has 0 spiro atoms. The van der Waals surface area contributed by atoms with Gasteiger partial charge in [-0.05, 0) is 81.9 Å². The molecule has 1 fully saturated rings. The molecule has 1 heterocycles. The SMILES string of the molecule is CCOc1cc(C2C(=C(O)c3ccc(OCC(C)C)cc3)C(=O)C(=O)N2CCCN(C)C)ccc1O. The number of hydrogen-bond acceptors (Lipinski definition) is 7. The summed E-state index contributed by atoms with van der Waals surface area (Å²) in [7, 11) is 3.88. The largest absolute Gasteiger partial charge is 0.507 e. The summed E-state index contributed by atoms with van der Waals surface area (Å²) in [5.74, 6) is -0.427. The third-order valence-electron chi connectivity index (χ3n) is 5.85. The molecule has 0 saturated carbocycles. The number of likely N-dealkylation sites (tertiary alicyclic amines) is 1. The molecule has 194 valence electrons. The average molecular weight is 497 g/mol. The number of hydrogen-bond donors (Lipinski definition) is 2. The van der Waals surface area contributed by atoms with Crippen molar-refractivity contribution in [3.05, 3.63) is 59.2 Å². The van der Waals surface area contributed by atoms with Crippen molar-refractivity contribution >= 4 is 17.4 Å². The Morgan fingerprint density at radius 2 is 1.78 bits per heavy atom. The minimum atomic E-state index is -0.816. The molecule has 1 amide bonds. The normalized spacial score (nSPS) is 17.3. The topological polar surface area (TPSA) is 99.5 Å². The number of carbonyl (C=O) groups is 2. The van der Waals surface area contributed by atoms with Gasteiger partial charge in [-0.3, -0.25) is 9.59 Å². The van der Waals surface area contributed by atoms with Gasteiger partial charge in [-0.15, -0.1) is 0 Å². The highest BCUT2D eigenvalue weighted by Crippen LogP contribution is 2.42. The number of phenolic OH excluding ortho intramolecular Hbond substituents is 1. The molecule has 8 nitrogen and oxygen atoms in total. The highest BCUT2D eigenvalue weighted by molar-refractivity contribution is 6.46. The van der Waals surface area contributed by atoms with E-state index in [1.165, 1.54) is 11.0 Å². The Kier molecular flexibility index (Phi) is 8.98. The lowest BCUT2D eigenvalue weighted by molar-refractivity contribution is -0.139. The van der Waals surface area contributed by atoms with Crippen LogP contribution >= 0.6 is 0 Å². The van der Waals surface area contributed by atoms with Crippen molar-refractivity contribution in [2.45, 2.75) is 33.2 Å². The Balaban J connectivity index is 2.05. The third-order valence-corrected chi connectivity index (χ3v) is 5.85. The number of aliphatic hydroxyl groups excluding tert-OH is 1. The van der Waals surface area contributed by atoms with E-state index >= 15 is 0 Å². The molecule has 8 heteroatoms. The second-order valence-electron chi connectivity index (χ2n) is 9.54. The molecule has 36 heavy (non-hydrogen) atoms. The Morgan fingerprint density at radius 3 is 2.39 bits per heavy atom. The van der Waals surface area contributed by atoms with Gasteiger partial charge in [-0.1, -0.05) is 19.9 Å². The molecule has 1 saturated heterocycles. The predicted molar refractivity (Wildman–Crippen MR) is 138 cm³/mol. The van der Waals surface area contributed by atoms with Crippen LogP contribution in [0.15, 0.2) is 48.0 Å². The van der Waals surface area contributed by atoms with Crippen LogP contribution in [-0.4, -0.2) is 72.1 Å². The Hall–Kier alpha value is -3.52. The zero-order valence-electron chi connectivity index (χ0n) is 21.7. The highest BCUT2D eigenvalue weighted by Gasteiger charge is 2.46. The molecule has 0 bridgehead atoms. The van der Waals surface area contributed by atoms with Gasteiger partial charge in [-0.25, -0.2) is 0 Å². The monoisotopic (exact) mass is 496 g/mol. The fourth-order valence-corrected chi connectivity index (χ4v) is 4.11. The number of aliphatic hydroxyl groups is 1. The molecular formula is C28H36N2O6. The maximum absolute atomic E-state index is 13.2. The molecular weight excluding hydrogens is 460 g/mol. The van der Waals surface area contributed by atoms with Gasteiger partial charge < -0.3 is 29.5 Å². The molecule has 1 aliphatic rings. The molecule has 2 aromatic carbocycles. The Morgan fingerprint density at radius 1 is 1.08 bits per heavy atom. The minimum Gasteiger partial charge on any atom is -0.507 e. The summed E-state index contributed by atoms with van der Waals surface area (Å²) in [6.45, 7) is 7.87. The van der Waals surface area contributed by atoms with Gasteiger partial charge in [0, 0.05) is 12.1 Å². The van der Waals surface area contributed by atoms with E-state index in [2.05, 4.69) is 13.8 Å². The number of Topliss-reactive ketones (excluding diaryl/α,β-unsaturated/α-hetero) is 1. The average Bonchev–Trinajstić information content (AvgIpc) is 3.09. The van der Waals surface area contributed by atoms with Crippen molar-refractivity contribution in [1.82, 2.24) is 9.80 Å².